The molecule has 0 fully saturated rings. The van der Waals surface area contributed by atoms with Gasteiger partial charge in [0.25, 0.3) is 0 Å². The Morgan fingerprint density at radius 3 is 2.35 bits per heavy atom. The van der Waals surface area contributed by atoms with Gasteiger partial charge in [-0.3, -0.25) is 0 Å². The summed E-state index contributed by atoms with van der Waals surface area (Å²) >= 11 is 17.9. The molecule has 20 heavy (non-hydrogen) atoms. The molecule has 3 nitrogen and oxygen atoms in total. The van der Waals surface area contributed by atoms with Crippen molar-refractivity contribution in [1.82, 2.24) is 0 Å². The third-order valence-electron chi connectivity index (χ3n) is 2.49. The highest BCUT2D eigenvalue weighted by molar-refractivity contribution is 6.43. The number of ether oxygens (including phenoxy) is 2. The van der Waals surface area contributed by atoms with Crippen LogP contribution in [0.3, 0.4) is 0 Å². The summed E-state index contributed by atoms with van der Waals surface area (Å²) < 4.78 is 11.1. The van der Waals surface area contributed by atoms with Crippen molar-refractivity contribution in [2.24, 2.45) is 0 Å². The van der Waals surface area contributed by atoms with Gasteiger partial charge in [-0.1, -0.05) is 34.8 Å². The third kappa shape index (κ3) is 3.42. The first-order valence-corrected chi connectivity index (χ1v) is 6.99. The molecule has 0 heterocycles. The van der Waals surface area contributed by atoms with Gasteiger partial charge in [0.15, 0.2) is 0 Å². The van der Waals surface area contributed by atoms with Crippen LogP contribution in [0.1, 0.15) is 6.92 Å². The van der Waals surface area contributed by atoms with E-state index >= 15 is 0 Å². The van der Waals surface area contributed by atoms with E-state index in [1.807, 2.05) is 6.92 Å². The molecule has 2 aromatic carbocycles. The molecular formula is C14H12Cl3NO2. The minimum atomic E-state index is 0.367. The number of benzene rings is 2. The number of rotatable bonds is 4. The number of halogens is 3. The van der Waals surface area contributed by atoms with Crippen LogP contribution < -0.4 is 15.2 Å². The van der Waals surface area contributed by atoms with Crippen LogP contribution in [0, 0.1) is 0 Å². The molecule has 2 aromatic rings. The zero-order valence-corrected chi connectivity index (χ0v) is 12.9. The summed E-state index contributed by atoms with van der Waals surface area (Å²) in [7, 11) is 0. The topological polar surface area (TPSA) is 44.5 Å². The van der Waals surface area contributed by atoms with E-state index in [1.54, 1.807) is 24.3 Å². The molecule has 2 rings (SSSR count). The average molecular weight is 333 g/mol. The highest BCUT2D eigenvalue weighted by atomic mass is 35.5. The molecule has 0 atom stereocenters. The molecule has 0 aromatic heterocycles. The Kier molecular flexibility index (Phi) is 4.86. The lowest BCUT2D eigenvalue weighted by Crippen LogP contribution is -1.97. The zero-order chi connectivity index (χ0) is 14.7. The van der Waals surface area contributed by atoms with Crippen molar-refractivity contribution in [2.45, 2.75) is 6.92 Å². The van der Waals surface area contributed by atoms with E-state index in [-0.39, 0.29) is 0 Å². The molecule has 0 bridgehead atoms. The van der Waals surface area contributed by atoms with E-state index in [0.29, 0.717) is 44.6 Å². The van der Waals surface area contributed by atoms with E-state index in [4.69, 9.17) is 50.0 Å². The van der Waals surface area contributed by atoms with Gasteiger partial charge in [-0.25, -0.2) is 0 Å². The van der Waals surface area contributed by atoms with Gasteiger partial charge >= 0.3 is 0 Å². The standard InChI is InChI=1S/C14H12Cl3NO2/c1-2-19-14-5-8(3-4-12(14)18)20-13-7-10(16)9(15)6-11(13)17/h3-7H,2,18H2,1H3. The predicted octanol–water partition coefficient (Wildman–Crippen LogP) is 5.42. The van der Waals surface area contributed by atoms with Crippen LogP contribution in [0.5, 0.6) is 17.2 Å². The lowest BCUT2D eigenvalue weighted by Gasteiger charge is -2.12. The Hall–Kier alpha value is -1.29. The number of nitrogen functional groups attached to an aromatic ring is 1. The van der Waals surface area contributed by atoms with Gasteiger partial charge in [-0.2, -0.15) is 0 Å². The minimum Gasteiger partial charge on any atom is -0.492 e. The van der Waals surface area contributed by atoms with Gasteiger partial charge in [-0.05, 0) is 25.1 Å². The van der Waals surface area contributed by atoms with E-state index < -0.39 is 0 Å². The molecular weight excluding hydrogens is 321 g/mol. The summed E-state index contributed by atoms with van der Waals surface area (Å²) in [5.41, 5.74) is 6.34. The molecule has 0 radical (unpaired) electrons. The first-order valence-electron chi connectivity index (χ1n) is 5.86. The maximum atomic E-state index is 6.06. The quantitative estimate of drug-likeness (QED) is 0.600. The van der Waals surface area contributed by atoms with E-state index in [0.717, 1.165) is 0 Å². The van der Waals surface area contributed by atoms with Crippen molar-refractivity contribution in [3.8, 4) is 17.2 Å². The lowest BCUT2D eigenvalue weighted by molar-refractivity contribution is 0.340. The van der Waals surface area contributed by atoms with Crippen molar-refractivity contribution in [3.05, 3.63) is 45.4 Å². The Bertz CT molecular complexity index is 632. The Labute approximate surface area is 132 Å². The summed E-state index contributed by atoms with van der Waals surface area (Å²) in [6, 6.07) is 8.20. The summed E-state index contributed by atoms with van der Waals surface area (Å²) in [5.74, 6) is 1.51. The van der Waals surface area contributed by atoms with Crippen LogP contribution in [0.4, 0.5) is 5.69 Å². The van der Waals surface area contributed by atoms with E-state index in [9.17, 15) is 0 Å². The fourth-order valence-electron chi connectivity index (χ4n) is 1.57. The molecule has 106 valence electrons. The molecule has 0 saturated heterocycles. The van der Waals surface area contributed by atoms with Crippen molar-refractivity contribution in [3.63, 3.8) is 0 Å². The molecule has 0 spiro atoms. The molecule has 6 heteroatoms. The highest BCUT2D eigenvalue weighted by Crippen LogP contribution is 2.37. The van der Waals surface area contributed by atoms with Crippen LogP contribution in [-0.2, 0) is 0 Å². The normalized spacial score (nSPS) is 10.4. The first-order chi connectivity index (χ1) is 9.51. The summed E-state index contributed by atoms with van der Waals surface area (Å²) in [5, 5.41) is 1.11. The largest absolute Gasteiger partial charge is 0.492 e. The second-order valence-corrected chi connectivity index (χ2v) is 5.15. The smallest absolute Gasteiger partial charge is 0.147 e. The maximum absolute atomic E-state index is 6.06. The molecule has 0 saturated carbocycles. The van der Waals surface area contributed by atoms with Crippen LogP contribution >= 0.6 is 34.8 Å². The molecule has 0 aliphatic heterocycles. The second kappa shape index (κ2) is 6.44. The Balaban J connectivity index is 2.30. The first kappa shape index (κ1) is 15.1. The zero-order valence-electron chi connectivity index (χ0n) is 10.6. The summed E-state index contributed by atoms with van der Waals surface area (Å²) in [6.07, 6.45) is 0. The van der Waals surface area contributed by atoms with Crippen LogP contribution in [0.25, 0.3) is 0 Å². The lowest BCUT2D eigenvalue weighted by atomic mass is 10.2. The van der Waals surface area contributed by atoms with Gasteiger partial charge in [0.05, 0.1) is 27.4 Å². The molecule has 2 N–H and O–H groups in total. The van der Waals surface area contributed by atoms with E-state index in [1.165, 1.54) is 6.07 Å². The fourth-order valence-corrected chi connectivity index (χ4v) is 2.14. The van der Waals surface area contributed by atoms with Gasteiger partial charge in [0.1, 0.15) is 17.2 Å². The summed E-state index contributed by atoms with van der Waals surface area (Å²) in [6.45, 7) is 2.39. The highest BCUT2D eigenvalue weighted by Gasteiger charge is 2.10. The average Bonchev–Trinajstić information content (AvgIpc) is 2.40. The van der Waals surface area contributed by atoms with Crippen molar-refractivity contribution in [1.29, 1.82) is 0 Å². The summed E-state index contributed by atoms with van der Waals surface area (Å²) in [4.78, 5) is 0. The predicted molar refractivity (Wildman–Crippen MR) is 83.6 cm³/mol. The molecule has 0 unspecified atom stereocenters. The van der Waals surface area contributed by atoms with Gasteiger partial charge in [0.2, 0.25) is 0 Å². The maximum Gasteiger partial charge on any atom is 0.147 e. The number of anilines is 1. The number of hydrogen-bond acceptors (Lipinski definition) is 3. The van der Waals surface area contributed by atoms with Gasteiger partial charge in [0, 0.05) is 12.1 Å². The Morgan fingerprint density at radius 1 is 0.950 bits per heavy atom. The van der Waals surface area contributed by atoms with Gasteiger partial charge in [-0.15, -0.1) is 0 Å². The monoisotopic (exact) mass is 331 g/mol. The van der Waals surface area contributed by atoms with Crippen LogP contribution in [-0.4, -0.2) is 6.61 Å². The van der Waals surface area contributed by atoms with Crippen LogP contribution in [0.15, 0.2) is 30.3 Å². The molecule has 0 aliphatic carbocycles. The van der Waals surface area contributed by atoms with E-state index in [2.05, 4.69) is 0 Å². The SMILES string of the molecule is CCOc1cc(Oc2cc(Cl)c(Cl)cc2Cl)ccc1N. The van der Waals surface area contributed by atoms with Crippen LogP contribution in [0.2, 0.25) is 15.1 Å². The fraction of sp³-hybridized carbons (Fsp3) is 0.143. The van der Waals surface area contributed by atoms with Crippen molar-refractivity contribution in [2.75, 3.05) is 12.3 Å². The van der Waals surface area contributed by atoms with Gasteiger partial charge < -0.3 is 15.2 Å². The Morgan fingerprint density at radius 2 is 1.65 bits per heavy atom. The second-order valence-electron chi connectivity index (χ2n) is 3.93. The number of nitrogens with two attached hydrogens (primary N) is 1. The van der Waals surface area contributed by atoms with Crippen molar-refractivity contribution >= 4 is 40.5 Å². The minimum absolute atomic E-state index is 0.367. The molecule has 0 amide bonds. The van der Waals surface area contributed by atoms with Crippen molar-refractivity contribution < 1.29 is 9.47 Å². The molecule has 0 aliphatic rings. The number of hydrogen-bond donors (Lipinski definition) is 1. The third-order valence-corrected chi connectivity index (χ3v) is 3.51.